The van der Waals surface area contributed by atoms with Crippen molar-refractivity contribution in [3.8, 4) is 0 Å². The highest BCUT2D eigenvalue weighted by atomic mass is 31.3. The lowest BCUT2D eigenvalue weighted by Gasteiger charge is -2.24. The van der Waals surface area contributed by atoms with E-state index in [0.29, 0.717) is 0 Å². The van der Waals surface area contributed by atoms with Crippen LogP contribution < -0.4 is 0 Å². The number of hydrogen-bond donors (Lipinski definition) is 0. The lowest BCUT2D eigenvalue weighted by atomic mass is 10.5. The first kappa shape index (κ1) is 37.7. The minimum atomic E-state index is -6.53. The van der Waals surface area contributed by atoms with E-state index in [1.54, 1.807) is 0 Å². The van der Waals surface area contributed by atoms with E-state index in [-0.39, 0.29) is 0 Å². The molecule has 0 amide bonds. The van der Waals surface area contributed by atoms with E-state index >= 15 is 29.4 Å². The van der Waals surface area contributed by atoms with Crippen molar-refractivity contribution in [2.24, 2.45) is 27.1 Å². The van der Waals surface area contributed by atoms with Gasteiger partial charge in [0, 0.05) is 0 Å². The summed E-state index contributed by atoms with van der Waals surface area (Å²) in [5.74, 6) is 0. The molecule has 0 aromatic heterocycles. The highest BCUT2D eigenvalue weighted by molar-refractivity contribution is 7.78. The molecule has 1 heterocycles. The zero-order valence-electron chi connectivity index (χ0n) is 22.9. The van der Waals surface area contributed by atoms with Crippen molar-refractivity contribution in [3.63, 3.8) is 0 Å². The van der Waals surface area contributed by atoms with E-state index < -0.39 is 77.1 Å². The molecule has 0 aromatic carbocycles. The van der Waals surface area contributed by atoms with Gasteiger partial charge in [-0.05, 0) is 69.2 Å². The van der Waals surface area contributed by atoms with Crippen LogP contribution in [0.3, 0.4) is 0 Å². The molecule has 0 spiro atoms. The molecule has 0 fully saturated rings. The predicted molar refractivity (Wildman–Crippen MR) is 145 cm³/mol. The zero-order valence-corrected chi connectivity index (χ0v) is 28.3. The molecule has 234 valence electrons. The van der Waals surface area contributed by atoms with E-state index in [9.17, 15) is 0 Å². The van der Waals surface area contributed by atoms with Crippen molar-refractivity contribution >= 4 is 46.5 Å². The van der Waals surface area contributed by atoms with Gasteiger partial charge in [0.05, 0.1) is 30.5 Å². The highest BCUT2D eigenvalue weighted by Gasteiger charge is 2.43. The maximum Gasteiger partial charge on any atom is 0.425 e. The normalized spacial score (nSPS) is 35.8. The summed E-state index contributed by atoms with van der Waals surface area (Å²) in [5, 5.41) is 0. The van der Waals surface area contributed by atoms with Gasteiger partial charge in [-0.25, -0.2) is 0 Å². The highest BCUT2D eigenvalue weighted by Crippen LogP contribution is 2.83. The van der Waals surface area contributed by atoms with Gasteiger partial charge < -0.3 is 22.6 Å². The predicted octanol–water partition coefficient (Wildman–Crippen LogP) is 13.6. The molecule has 0 N–H and O–H groups in total. The Morgan fingerprint density at radius 1 is 0.333 bits per heavy atom. The van der Waals surface area contributed by atoms with Crippen LogP contribution in [0.4, 0.5) is 29.4 Å². The minimum absolute atomic E-state index is 1.15. The number of nitrogens with zero attached hydrogens (tertiary/aromatic N) is 6. The van der Waals surface area contributed by atoms with Gasteiger partial charge in [-0.3, -0.25) is 0 Å². The first-order chi connectivity index (χ1) is 17.3. The fourth-order valence-corrected chi connectivity index (χ4v) is 16.1. The monoisotopic (exact) mass is 698 g/mol. The molecule has 1 rings (SSSR count). The summed E-state index contributed by atoms with van der Waals surface area (Å²) < 4.78 is 152. The second-order valence-electron chi connectivity index (χ2n) is 9.13. The van der Waals surface area contributed by atoms with E-state index in [1.807, 2.05) is 0 Å². The summed E-state index contributed by atoms with van der Waals surface area (Å²) >= 11 is 0. The topological polar surface area (TPSA) is 120 Å². The molecule has 0 aromatic rings. The van der Waals surface area contributed by atoms with Crippen LogP contribution in [0.25, 0.3) is 0 Å². The summed E-state index contributed by atoms with van der Waals surface area (Å²) in [6.07, 6.45) is -5.93. The summed E-state index contributed by atoms with van der Waals surface area (Å²) in [6.45, 7) is 12.2. The Morgan fingerprint density at radius 2 is 0.513 bits per heavy atom. The average molecular weight is 698 g/mol. The number of rotatable bonds is 10. The molecule has 5 atom stereocenters. The lowest BCUT2D eigenvalue weighted by molar-refractivity contribution is 0.238. The summed E-state index contributed by atoms with van der Waals surface area (Å²) in [5.41, 5.74) is 0. The van der Waals surface area contributed by atoms with E-state index in [2.05, 4.69) is 27.1 Å². The van der Waals surface area contributed by atoms with Crippen LogP contribution in [0.5, 0.6) is 0 Å². The maximum atomic E-state index is 16.2. The largest absolute Gasteiger partial charge is 0.425 e. The van der Waals surface area contributed by atoms with Gasteiger partial charge in [0.25, 0.3) is 0 Å². The molecule has 0 radical (unpaired) electrons. The van der Waals surface area contributed by atoms with Gasteiger partial charge in [0.15, 0.2) is 0 Å². The van der Waals surface area contributed by atoms with Gasteiger partial charge in [0.2, 0.25) is 0 Å². The Bertz CT molecular complexity index is 1200. The molecule has 1 aliphatic rings. The molecule has 0 aliphatic carbocycles. The smallest absolute Gasteiger partial charge is 0.300 e. The fourth-order valence-electron chi connectivity index (χ4n) is 2.47. The average Bonchev–Trinajstić information content (AvgIpc) is 2.51. The first-order valence-electron chi connectivity index (χ1n) is 11.4. The fraction of sp³-hybridized carbons (Fsp3) is 1.00. The minimum Gasteiger partial charge on any atom is -0.300 e. The van der Waals surface area contributed by atoms with Gasteiger partial charge in [-0.2, -0.15) is 21.0 Å². The van der Waals surface area contributed by atoms with Crippen LogP contribution in [0.15, 0.2) is 27.1 Å². The summed E-state index contributed by atoms with van der Waals surface area (Å²) in [4.78, 5) is 0. The SMILES string of the molecule is CC(C)OP1(F)=NP(F)(F)=NP(F)(OC(C)C)=NP(F)(OC(C)C)=NP(F)(OC(C)C)=NP(F)(OC(C)C)=N1. The molecule has 0 saturated heterocycles. The molecule has 0 bridgehead atoms. The second kappa shape index (κ2) is 14.0. The summed E-state index contributed by atoms with van der Waals surface area (Å²) in [7, 11) is -35.2. The third-order valence-corrected chi connectivity index (χ3v) is 17.0. The molecule has 39 heavy (non-hydrogen) atoms. The Kier molecular flexibility index (Phi) is 13.5. The number of hydrogen-bond acceptors (Lipinski definition) is 11. The standard InChI is InChI=1S/C15H35F7N6O5P6/c1-11(2)29-35(18)23-34(16,17)24-36(19,30-12(3)4)26-38(21,32-14(7)8)28-39(22,33-15(9)10)27-37(20,25-35)31-13(5)6/h11-15H,1-10H3. The maximum absolute atomic E-state index is 16.2. The summed E-state index contributed by atoms with van der Waals surface area (Å²) in [6, 6.07) is 0. The zero-order chi connectivity index (χ0) is 30.7. The van der Waals surface area contributed by atoms with Crippen LogP contribution in [0.1, 0.15) is 69.2 Å². The molecule has 24 heteroatoms. The van der Waals surface area contributed by atoms with Crippen LogP contribution >= 0.6 is 46.5 Å². The van der Waals surface area contributed by atoms with Gasteiger partial charge >= 0.3 is 46.5 Å². The van der Waals surface area contributed by atoms with E-state index in [0.717, 1.165) is 0 Å². The Labute approximate surface area is 225 Å². The van der Waals surface area contributed by atoms with Crippen LogP contribution in [-0.2, 0) is 22.6 Å². The second-order valence-corrected chi connectivity index (χ2v) is 20.1. The molecule has 0 saturated carbocycles. The lowest BCUT2D eigenvalue weighted by Crippen LogP contribution is -2.02. The molecule has 1 aliphatic heterocycles. The number of halogens is 7. The van der Waals surface area contributed by atoms with Crippen molar-refractivity contribution in [2.45, 2.75) is 99.8 Å². The quantitative estimate of drug-likeness (QED) is 0.166. The Morgan fingerprint density at radius 3 is 0.718 bits per heavy atom. The first-order valence-corrected chi connectivity index (χ1v) is 20.4. The molecular formula is C15H35F7N6O5P6. The van der Waals surface area contributed by atoms with Crippen molar-refractivity contribution in [1.82, 2.24) is 0 Å². The van der Waals surface area contributed by atoms with Crippen LogP contribution in [0.2, 0.25) is 0 Å². The van der Waals surface area contributed by atoms with E-state index in [4.69, 9.17) is 22.6 Å². The van der Waals surface area contributed by atoms with Gasteiger partial charge in [-0.15, -0.1) is 35.5 Å². The van der Waals surface area contributed by atoms with Crippen molar-refractivity contribution < 1.29 is 52.0 Å². The molecule has 11 nitrogen and oxygen atoms in total. The van der Waals surface area contributed by atoms with Crippen LogP contribution in [0, 0.1) is 0 Å². The van der Waals surface area contributed by atoms with Crippen molar-refractivity contribution in [3.05, 3.63) is 0 Å². The molecular weight excluding hydrogens is 663 g/mol. The van der Waals surface area contributed by atoms with Crippen LogP contribution in [-0.4, -0.2) is 30.5 Å². The Balaban J connectivity index is 4.59. The molecule has 5 unspecified atom stereocenters. The van der Waals surface area contributed by atoms with Gasteiger partial charge in [0.1, 0.15) is 0 Å². The van der Waals surface area contributed by atoms with Gasteiger partial charge in [-0.1, -0.05) is 0 Å². The van der Waals surface area contributed by atoms with Crippen molar-refractivity contribution in [2.75, 3.05) is 0 Å². The third-order valence-electron chi connectivity index (χ3n) is 3.04. The Hall–Kier alpha value is 0.690. The van der Waals surface area contributed by atoms with E-state index in [1.165, 1.54) is 69.2 Å². The third kappa shape index (κ3) is 13.7. The van der Waals surface area contributed by atoms with Crippen molar-refractivity contribution in [1.29, 1.82) is 0 Å².